The molecule has 0 saturated carbocycles. The predicted octanol–water partition coefficient (Wildman–Crippen LogP) is 12.2. The van der Waals surface area contributed by atoms with E-state index in [4.69, 9.17) is 9.47 Å². The maximum atomic E-state index is 5.81. The van der Waals surface area contributed by atoms with Gasteiger partial charge in [-0.3, -0.25) is 0 Å². The Kier molecular flexibility index (Phi) is 14.3. The van der Waals surface area contributed by atoms with Crippen molar-refractivity contribution >= 4 is 0 Å². The fraction of sp³-hybridized carbons (Fsp3) is 0.476. The van der Waals surface area contributed by atoms with Crippen LogP contribution in [-0.4, -0.2) is 20.0 Å². The molecule has 0 atom stereocenters. The minimum atomic E-state index is -0.622. The van der Waals surface area contributed by atoms with Crippen LogP contribution in [-0.2, 0) is 9.47 Å². The molecular weight excluding hydrogens is 536 g/mol. The molecule has 2 aliphatic rings. The summed E-state index contributed by atoms with van der Waals surface area (Å²) in [6.07, 6.45) is 36.1. The SMILES string of the molecule is COC1(OC)CCC(C)(C)C(/C=C/C(C)=C\C=C\C(C)=C\C=C\C=C(C)\C=C\C=C(C)\C=C\C2=C(C)CCCC2(C)C)=C1C. The van der Waals surface area contributed by atoms with Crippen LogP contribution in [0.4, 0.5) is 0 Å². The van der Waals surface area contributed by atoms with Gasteiger partial charge in [0.1, 0.15) is 0 Å². The van der Waals surface area contributed by atoms with Gasteiger partial charge in [-0.15, -0.1) is 0 Å². The van der Waals surface area contributed by atoms with Gasteiger partial charge in [0, 0.05) is 20.6 Å². The molecule has 0 unspecified atom stereocenters. The third-order valence-electron chi connectivity index (χ3n) is 9.28. The van der Waals surface area contributed by atoms with Gasteiger partial charge >= 0.3 is 0 Å². The van der Waals surface area contributed by atoms with E-state index in [2.05, 4.69) is 154 Å². The molecule has 2 aliphatic carbocycles. The third-order valence-corrected chi connectivity index (χ3v) is 9.28. The average Bonchev–Trinajstić information content (AvgIpc) is 2.95. The summed E-state index contributed by atoms with van der Waals surface area (Å²) in [6.45, 7) is 22.3. The van der Waals surface area contributed by atoms with Gasteiger partial charge in [-0.2, -0.15) is 0 Å². The predicted molar refractivity (Wildman–Crippen MR) is 194 cm³/mol. The molecule has 0 aromatic heterocycles. The highest BCUT2D eigenvalue weighted by Gasteiger charge is 2.42. The van der Waals surface area contributed by atoms with Crippen LogP contribution < -0.4 is 0 Å². The summed E-state index contributed by atoms with van der Waals surface area (Å²) in [5.74, 6) is -0.622. The van der Waals surface area contributed by atoms with Crippen molar-refractivity contribution in [1.82, 2.24) is 0 Å². The first kappa shape index (κ1) is 37.2. The third kappa shape index (κ3) is 10.9. The van der Waals surface area contributed by atoms with Gasteiger partial charge in [-0.1, -0.05) is 141 Å². The lowest BCUT2D eigenvalue weighted by atomic mass is 9.70. The second-order valence-electron chi connectivity index (χ2n) is 13.9. The maximum Gasteiger partial charge on any atom is 0.190 e. The van der Waals surface area contributed by atoms with Crippen LogP contribution >= 0.6 is 0 Å². The second kappa shape index (κ2) is 16.9. The average molecular weight is 597 g/mol. The fourth-order valence-electron chi connectivity index (χ4n) is 6.24. The van der Waals surface area contributed by atoms with Gasteiger partial charge in [0.05, 0.1) is 0 Å². The van der Waals surface area contributed by atoms with Crippen molar-refractivity contribution in [2.45, 2.75) is 107 Å². The first-order valence-corrected chi connectivity index (χ1v) is 16.3. The van der Waals surface area contributed by atoms with Crippen molar-refractivity contribution in [2.24, 2.45) is 10.8 Å². The lowest BCUT2D eigenvalue weighted by molar-refractivity contribution is -0.190. The topological polar surface area (TPSA) is 18.5 Å². The number of ether oxygens (including phenoxy) is 2. The van der Waals surface area contributed by atoms with Gasteiger partial charge in [-0.25, -0.2) is 0 Å². The molecule has 0 spiro atoms. The zero-order valence-corrected chi connectivity index (χ0v) is 29.9. The van der Waals surface area contributed by atoms with E-state index in [1.807, 2.05) is 0 Å². The molecule has 0 amide bonds. The van der Waals surface area contributed by atoms with Gasteiger partial charge in [0.15, 0.2) is 5.79 Å². The summed E-state index contributed by atoms with van der Waals surface area (Å²) >= 11 is 0. The monoisotopic (exact) mass is 596 g/mol. The molecule has 44 heavy (non-hydrogen) atoms. The number of hydrogen-bond acceptors (Lipinski definition) is 2. The summed E-state index contributed by atoms with van der Waals surface area (Å²) in [6, 6.07) is 0. The number of hydrogen-bond donors (Lipinski definition) is 0. The zero-order chi connectivity index (χ0) is 33.0. The number of methoxy groups -OCH3 is 2. The van der Waals surface area contributed by atoms with Gasteiger partial charge in [0.2, 0.25) is 0 Å². The van der Waals surface area contributed by atoms with Crippen molar-refractivity contribution in [1.29, 1.82) is 0 Å². The Morgan fingerprint density at radius 1 is 0.568 bits per heavy atom. The van der Waals surface area contributed by atoms with Crippen LogP contribution in [0.2, 0.25) is 0 Å². The molecule has 0 aliphatic heterocycles. The number of allylic oxidation sites excluding steroid dienone is 21. The molecule has 2 heteroatoms. The highest BCUT2D eigenvalue weighted by molar-refractivity contribution is 5.40. The molecule has 0 bridgehead atoms. The molecular formula is C42H60O2. The molecule has 0 aromatic rings. The van der Waals surface area contributed by atoms with E-state index in [0.29, 0.717) is 0 Å². The van der Waals surface area contributed by atoms with Crippen molar-refractivity contribution < 1.29 is 9.47 Å². The minimum absolute atomic E-state index is 0.0851. The summed E-state index contributed by atoms with van der Waals surface area (Å²) in [4.78, 5) is 0. The lowest BCUT2D eigenvalue weighted by Crippen LogP contribution is -2.42. The van der Waals surface area contributed by atoms with Crippen LogP contribution in [0, 0.1) is 10.8 Å². The second-order valence-corrected chi connectivity index (χ2v) is 13.9. The standard InChI is InChI=1S/C42H60O2/c1-32(20-15-22-34(3)25-27-38-36(5)24-17-29-40(38,7)8)18-13-14-19-33(2)21-16-23-35(4)26-28-39-37(6)42(43-11,44-12)31-30-41(39,9)10/h13-16,18-23,25-28H,17,24,29-31H2,1-12H3/b14-13+,20-15+,21-16+,27-25+,28-26+,32-18+,33-19+,34-22+,35-23-. The highest BCUT2D eigenvalue weighted by Crippen LogP contribution is 2.47. The molecule has 0 heterocycles. The van der Waals surface area contributed by atoms with Crippen molar-refractivity contribution in [3.63, 3.8) is 0 Å². The maximum absolute atomic E-state index is 5.81. The van der Waals surface area contributed by atoms with Crippen molar-refractivity contribution in [3.05, 3.63) is 130 Å². The van der Waals surface area contributed by atoms with E-state index in [9.17, 15) is 0 Å². The Balaban J connectivity index is 1.96. The largest absolute Gasteiger partial charge is 0.349 e. The molecule has 240 valence electrons. The van der Waals surface area contributed by atoms with Gasteiger partial charge in [-0.05, 0) is 94.8 Å². The van der Waals surface area contributed by atoms with Gasteiger partial charge < -0.3 is 9.47 Å². The molecule has 0 N–H and O–H groups in total. The van der Waals surface area contributed by atoms with Crippen LogP contribution in [0.5, 0.6) is 0 Å². The van der Waals surface area contributed by atoms with E-state index in [1.54, 1.807) is 19.8 Å². The molecule has 0 fully saturated rings. The van der Waals surface area contributed by atoms with E-state index >= 15 is 0 Å². The Morgan fingerprint density at radius 2 is 1.00 bits per heavy atom. The molecule has 0 radical (unpaired) electrons. The van der Waals surface area contributed by atoms with Gasteiger partial charge in [0.25, 0.3) is 0 Å². The first-order chi connectivity index (χ1) is 20.7. The normalized spacial score (nSPS) is 22.3. The van der Waals surface area contributed by atoms with E-state index < -0.39 is 5.79 Å². The minimum Gasteiger partial charge on any atom is -0.349 e. The lowest BCUT2D eigenvalue weighted by Gasteiger charge is -2.43. The van der Waals surface area contributed by atoms with E-state index in [0.717, 1.165) is 18.4 Å². The van der Waals surface area contributed by atoms with Crippen LogP contribution in [0.1, 0.15) is 101 Å². The van der Waals surface area contributed by atoms with Crippen LogP contribution in [0.3, 0.4) is 0 Å². The van der Waals surface area contributed by atoms with Crippen LogP contribution in [0.15, 0.2) is 130 Å². The molecule has 2 nitrogen and oxygen atoms in total. The molecule has 0 aromatic carbocycles. The molecule has 2 rings (SSSR count). The highest BCUT2D eigenvalue weighted by atomic mass is 16.7. The quantitative estimate of drug-likeness (QED) is 0.165. The fourth-order valence-corrected chi connectivity index (χ4v) is 6.24. The van der Waals surface area contributed by atoms with Crippen molar-refractivity contribution in [3.8, 4) is 0 Å². The Labute approximate surface area is 270 Å². The van der Waals surface area contributed by atoms with E-state index in [1.165, 1.54) is 52.7 Å². The Hall–Kier alpha value is -2.94. The van der Waals surface area contributed by atoms with Crippen LogP contribution in [0.25, 0.3) is 0 Å². The Bertz CT molecular complexity index is 1330. The van der Waals surface area contributed by atoms with Crippen molar-refractivity contribution in [2.75, 3.05) is 14.2 Å². The molecule has 0 saturated heterocycles. The summed E-state index contributed by atoms with van der Waals surface area (Å²) in [5, 5.41) is 0. The first-order valence-electron chi connectivity index (χ1n) is 16.3. The smallest absolute Gasteiger partial charge is 0.190 e. The summed E-state index contributed by atoms with van der Waals surface area (Å²) in [5.41, 5.74) is 10.7. The zero-order valence-electron chi connectivity index (χ0n) is 29.9. The summed E-state index contributed by atoms with van der Waals surface area (Å²) < 4.78 is 11.6. The number of rotatable bonds is 12. The Morgan fingerprint density at radius 3 is 1.48 bits per heavy atom. The summed E-state index contributed by atoms with van der Waals surface area (Å²) in [7, 11) is 3.47. The van der Waals surface area contributed by atoms with E-state index in [-0.39, 0.29) is 10.8 Å².